The molecule has 3 rings (SSSR count). The van der Waals surface area contributed by atoms with Crippen molar-refractivity contribution in [1.82, 2.24) is 4.98 Å². The minimum Gasteiger partial charge on any atom is -0.480 e. The Morgan fingerprint density at radius 1 is 1.23 bits per heavy atom. The molecule has 0 aliphatic rings. The van der Waals surface area contributed by atoms with E-state index in [-0.39, 0.29) is 6.54 Å². The summed E-state index contributed by atoms with van der Waals surface area (Å²) >= 11 is 12.6. The van der Waals surface area contributed by atoms with Crippen molar-refractivity contribution in [2.45, 2.75) is 19.8 Å². The van der Waals surface area contributed by atoms with Crippen molar-refractivity contribution < 1.29 is 14.6 Å². The molecule has 7 heteroatoms. The zero-order valence-electron chi connectivity index (χ0n) is 14.3. The molecule has 0 saturated heterocycles. The Labute approximate surface area is 160 Å². The number of aliphatic carboxylic acids is 1. The average molecular weight is 393 g/mol. The molecule has 3 aromatic rings. The SMILES string of the molecule is CC(C)c1c[nH]c2ccc(Oc3c(Cl)cc(NCC(=O)O)cc3Cl)cc12. The summed E-state index contributed by atoms with van der Waals surface area (Å²) < 4.78 is 5.91. The van der Waals surface area contributed by atoms with Crippen LogP contribution >= 0.6 is 23.2 Å². The zero-order valence-corrected chi connectivity index (χ0v) is 15.8. The van der Waals surface area contributed by atoms with Gasteiger partial charge >= 0.3 is 5.97 Å². The lowest BCUT2D eigenvalue weighted by Gasteiger charge is -2.13. The van der Waals surface area contributed by atoms with Crippen LogP contribution in [0.2, 0.25) is 10.0 Å². The Kier molecular flexibility index (Phi) is 5.30. The molecule has 26 heavy (non-hydrogen) atoms. The molecule has 1 heterocycles. The number of ether oxygens (including phenoxy) is 1. The number of aromatic amines is 1. The van der Waals surface area contributed by atoms with Crippen molar-refractivity contribution >= 4 is 45.8 Å². The first kappa shape index (κ1) is 18.4. The first-order valence-corrected chi connectivity index (χ1v) is 8.84. The lowest BCUT2D eigenvalue weighted by molar-refractivity contribution is -0.134. The first-order chi connectivity index (χ1) is 12.3. The molecule has 0 atom stereocenters. The molecule has 2 aromatic carbocycles. The van der Waals surface area contributed by atoms with Crippen molar-refractivity contribution in [2.75, 3.05) is 11.9 Å². The Balaban J connectivity index is 1.89. The van der Waals surface area contributed by atoms with Gasteiger partial charge in [-0.2, -0.15) is 0 Å². The summed E-state index contributed by atoms with van der Waals surface area (Å²) in [4.78, 5) is 13.9. The van der Waals surface area contributed by atoms with E-state index in [2.05, 4.69) is 24.1 Å². The Hall–Kier alpha value is -2.37. The number of halogens is 2. The highest BCUT2D eigenvalue weighted by atomic mass is 35.5. The van der Waals surface area contributed by atoms with Gasteiger partial charge in [-0.05, 0) is 41.8 Å². The number of rotatable bonds is 6. The predicted octanol–water partition coefficient (Wildman–Crippen LogP) is 5.89. The summed E-state index contributed by atoms with van der Waals surface area (Å²) in [6, 6.07) is 8.90. The average Bonchev–Trinajstić information content (AvgIpc) is 2.99. The Morgan fingerprint density at radius 2 is 1.92 bits per heavy atom. The lowest BCUT2D eigenvalue weighted by Crippen LogP contribution is -2.12. The van der Waals surface area contributed by atoms with Gasteiger partial charge < -0.3 is 20.1 Å². The minimum absolute atomic E-state index is 0.227. The highest BCUT2D eigenvalue weighted by Crippen LogP contribution is 2.40. The van der Waals surface area contributed by atoms with Gasteiger partial charge in [-0.1, -0.05) is 37.0 Å². The first-order valence-electron chi connectivity index (χ1n) is 8.08. The van der Waals surface area contributed by atoms with Crippen LogP contribution in [-0.4, -0.2) is 22.6 Å². The number of hydrogen-bond acceptors (Lipinski definition) is 3. The fourth-order valence-electron chi connectivity index (χ4n) is 2.72. The highest BCUT2D eigenvalue weighted by Gasteiger charge is 2.13. The van der Waals surface area contributed by atoms with Crippen molar-refractivity contribution in [3.05, 3.63) is 52.1 Å². The minimum atomic E-state index is -0.974. The number of carbonyl (C=O) groups is 1. The zero-order chi connectivity index (χ0) is 18.8. The van der Waals surface area contributed by atoms with E-state index in [4.69, 9.17) is 33.0 Å². The van der Waals surface area contributed by atoms with Gasteiger partial charge in [0.2, 0.25) is 0 Å². The molecule has 0 unspecified atom stereocenters. The molecule has 1 aromatic heterocycles. The second-order valence-corrected chi connectivity index (χ2v) is 7.04. The number of carboxylic acids is 1. The maximum atomic E-state index is 10.7. The van der Waals surface area contributed by atoms with Crippen LogP contribution < -0.4 is 10.1 Å². The summed E-state index contributed by atoms with van der Waals surface area (Å²) in [7, 11) is 0. The molecule has 0 fully saturated rings. The number of fused-ring (bicyclic) bond motifs is 1. The van der Waals surface area contributed by atoms with Crippen LogP contribution in [0.4, 0.5) is 5.69 Å². The summed E-state index contributed by atoms with van der Waals surface area (Å²) in [5, 5.41) is 13.1. The van der Waals surface area contributed by atoms with E-state index in [9.17, 15) is 4.79 Å². The van der Waals surface area contributed by atoms with E-state index in [0.717, 1.165) is 10.9 Å². The van der Waals surface area contributed by atoms with Crippen molar-refractivity contribution in [1.29, 1.82) is 0 Å². The number of benzene rings is 2. The van der Waals surface area contributed by atoms with Crippen molar-refractivity contribution in [3.63, 3.8) is 0 Å². The van der Waals surface area contributed by atoms with Crippen LogP contribution in [0.3, 0.4) is 0 Å². The van der Waals surface area contributed by atoms with Crippen molar-refractivity contribution in [3.8, 4) is 11.5 Å². The largest absolute Gasteiger partial charge is 0.480 e. The van der Waals surface area contributed by atoms with Gasteiger partial charge in [-0.15, -0.1) is 0 Å². The summed E-state index contributed by atoms with van der Waals surface area (Å²) in [6.07, 6.45) is 2.00. The van der Waals surface area contributed by atoms with E-state index in [1.165, 1.54) is 5.56 Å². The van der Waals surface area contributed by atoms with E-state index < -0.39 is 5.97 Å². The van der Waals surface area contributed by atoms with Gasteiger partial charge in [-0.3, -0.25) is 4.79 Å². The topological polar surface area (TPSA) is 74.3 Å². The summed E-state index contributed by atoms with van der Waals surface area (Å²) in [5.74, 6) is 0.355. The summed E-state index contributed by atoms with van der Waals surface area (Å²) in [6.45, 7) is 4.04. The van der Waals surface area contributed by atoms with E-state index in [1.807, 2.05) is 24.4 Å². The number of H-pyrrole nitrogens is 1. The number of aromatic nitrogens is 1. The van der Waals surface area contributed by atoms with Crippen molar-refractivity contribution in [2.24, 2.45) is 0 Å². The third-order valence-corrected chi connectivity index (χ3v) is 4.53. The van der Waals surface area contributed by atoms with Crippen LogP contribution in [0, 0.1) is 0 Å². The molecule has 0 amide bonds. The molecular formula is C19H18Cl2N2O3. The third-order valence-electron chi connectivity index (χ3n) is 3.97. The molecule has 0 radical (unpaired) electrons. The number of nitrogens with one attached hydrogen (secondary N) is 2. The fourth-order valence-corrected chi connectivity index (χ4v) is 3.28. The smallest absolute Gasteiger partial charge is 0.322 e. The molecule has 0 aliphatic heterocycles. The predicted molar refractivity (Wildman–Crippen MR) is 105 cm³/mol. The van der Waals surface area contributed by atoms with Crippen LogP contribution in [0.5, 0.6) is 11.5 Å². The molecule has 0 spiro atoms. The number of carboxylic acid groups (broad SMARTS) is 1. The van der Waals surface area contributed by atoms with Gasteiger partial charge in [0.05, 0.1) is 10.0 Å². The maximum absolute atomic E-state index is 10.7. The number of anilines is 1. The molecule has 0 aliphatic carbocycles. The van der Waals surface area contributed by atoms with E-state index >= 15 is 0 Å². The van der Waals surface area contributed by atoms with Gasteiger partial charge in [0.15, 0.2) is 5.75 Å². The molecule has 0 saturated carbocycles. The van der Waals surface area contributed by atoms with Crippen LogP contribution in [0.15, 0.2) is 36.5 Å². The monoisotopic (exact) mass is 392 g/mol. The van der Waals surface area contributed by atoms with Gasteiger partial charge in [0.1, 0.15) is 12.3 Å². The third kappa shape index (κ3) is 3.89. The molecule has 136 valence electrons. The number of hydrogen-bond donors (Lipinski definition) is 3. The standard InChI is InChI=1S/C19H18Cl2N2O3/c1-10(2)14-8-23-17-4-3-12(7-13(14)17)26-19-15(20)5-11(6-16(19)21)22-9-18(24)25/h3-8,10,22-23H,9H2,1-2H3,(H,24,25). The quantitative estimate of drug-likeness (QED) is 0.488. The molecule has 5 nitrogen and oxygen atoms in total. The van der Waals surface area contributed by atoms with Crippen LogP contribution in [0.25, 0.3) is 10.9 Å². The highest BCUT2D eigenvalue weighted by molar-refractivity contribution is 6.37. The van der Waals surface area contributed by atoms with Crippen LogP contribution in [-0.2, 0) is 4.79 Å². The second kappa shape index (κ2) is 7.48. The molecule has 3 N–H and O–H groups in total. The molecular weight excluding hydrogens is 375 g/mol. The lowest BCUT2D eigenvalue weighted by atomic mass is 10.0. The Bertz CT molecular complexity index is 944. The summed E-state index contributed by atoms with van der Waals surface area (Å²) in [5.41, 5.74) is 2.75. The van der Waals surface area contributed by atoms with Gasteiger partial charge in [0, 0.05) is 22.8 Å². The van der Waals surface area contributed by atoms with Gasteiger partial charge in [-0.25, -0.2) is 0 Å². The van der Waals surface area contributed by atoms with Crippen LogP contribution in [0.1, 0.15) is 25.3 Å². The van der Waals surface area contributed by atoms with E-state index in [1.54, 1.807) is 12.1 Å². The Morgan fingerprint density at radius 3 is 2.54 bits per heavy atom. The van der Waals surface area contributed by atoms with Gasteiger partial charge in [0.25, 0.3) is 0 Å². The van der Waals surface area contributed by atoms with E-state index in [0.29, 0.717) is 33.1 Å². The maximum Gasteiger partial charge on any atom is 0.322 e. The molecule has 0 bridgehead atoms. The second-order valence-electron chi connectivity index (χ2n) is 6.22. The fraction of sp³-hybridized carbons (Fsp3) is 0.211. The normalized spacial score (nSPS) is 11.1.